The van der Waals surface area contributed by atoms with Crippen LogP contribution in [-0.4, -0.2) is 11.1 Å². The van der Waals surface area contributed by atoms with Crippen molar-refractivity contribution >= 4 is 5.97 Å². The van der Waals surface area contributed by atoms with Gasteiger partial charge < -0.3 is 5.11 Å². The lowest BCUT2D eigenvalue weighted by molar-refractivity contribution is -0.137. The lowest BCUT2D eigenvalue weighted by atomic mass is 9.92. The van der Waals surface area contributed by atoms with Crippen molar-refractivity contribution in [3.8, 4) is 0 Å². The molecule has 1 unspecified atom stereocenters. The normalized spacial score (nSPS) is 12.9. The minimum Gasteiger partial charge on any atom is -0.481 e. The maximum absolute atomic E-state index is 10.3. The Morgan fingerprint density at radius 1 is 0.882 bits per heavy atom. The molecule has 0 radical (unpaired) electrons. The number of aliphatic carboxylic acids is 1. The van der Waals surface area contributed by atoms with Crippen LogP contribution < -0.4 is 0 Å². The largest absolute Gasteiger partial charge is 0.481 e. The van der Waals surface area contributed by atoms with Crippen LogP contribution in [0.4, 0.5) is 0 Å². The van der Waals surface area contributed by atoms with Gasteiger partial charge in [0.1, 0.15) is 0 Å². The van der Waals surface area contributed by atoms with Gasteiger partial charge in [-0.15, -0.1) is 0 Å². The summed E-state index contributed by atoms with van der Waals surface area (Å²) in [6.07, 6.45) is 10.1. The first-order chi connectivity index (χ1) is 8.04. The van der Waals surface area contributed by atoms with Crippen LogP contribution in [0.25, 0.3) is 0 Å². The van der Waals surface area contributed by atoms with Gasteiger partial charge in [-0.2, -0.15) is 0 Å². The molecule has 0 spiro atoms. The van der Waals surface area contributed by atoms with E-state index in [1.807, 2.05) is 0 Å². The molecular weight excluding hydrogens is 212 g/mol. The van der Waals surface area contributed by atoms with E-state index in [0.717, 1.165) is 24.7 Å². The average molecular weight is 242 g/mol. The number of rotatable bonds is 11. The fourth-order valence-corrected chi connectivity index (χ4v) is 1.96. The van der Waals surface area contributed by atoms with E-state index in [0.29, 0.717) is 6.42 Å². The molecule has 0 aromatic carbocycles. The van der Waals surface area contributed by atoms with Crippen molar-refractivity contribution in [2.24, 2.45) is 11.8 Å². The van der Waals surface area contributed by atoms with Gasteiger partial charge in [0.25, 0.3) is 0 Å². The maximum atomic E-state index is 10.3. The molecule has 0 heterocycles. The topological polar surface area (TPSA) is 37.3 Å². The molecule has 2 nitrogen and oxygen atoms in total. The summed E-state index contributed by atoms with van der Waals surface area (Å²) in [4.78, 5) is 10.3. The summed E-state index contributed by atoms with van der Waals surface area (Å²) in [5, 5.41) is 8.48. The van der Waals surface area contributed by atoms with Gasteiger partial charge in [-0.1, -0.05) is 65.7 Å². The van der Waals surface area contributed by atoms with E-state index >= 15 is 0 Å². The Hall–Kier alpha value is -0.530. The molecule has 0 saturated carbocycles. The molecule has 0 fully saturated rings. The third kappa shape index (κ3) is 11.7. The van der Waals surface area contributed by atoms with Crippen LogP contribution in [0.5, 0.6) is 0 Å². The zero-order valence-electron chi connectivity index (χ0n) is 11.9. The van der Waals surface area contributed by atoms with Crippen LogP contribution in [0.3, 0.4) is 0 Å². The first kappa shape index (κ1) is 16.5. The second kappa shape index (κ2) is 10.6. The highest BCUT2D eigenvalue weighted by molar-refractivity contribution is 5.66. The lowest BCUT2D eigenvalue weighted by Crippen LogP contribution is -2.03. The van der Waals surface area contributed by atoms with Crippen LogP contribution in [-0.2, 0) is 4.79 Å². The van der Waals surface area contributed by atoms with E-state index in [1.165, 1.54) is 38.5 Å². The third-order valence-electron chi connectivity index (χ3n) is 3.69. The molecule has 0 amide bonds. The quantitative estimate of drug-likeness (QED) is 0.525. The molecule has 1 atom stereocenters. The molecule has 0 aliphatic carbocycles. The number of carbonyl (C=O) groups is 1. The van der Waals surface area contributed by atoms with E-state index in [4.69, 9.17) is 5.11 Å². The molecule has 0 aliphatic heterocycles. The van der Waals surface area contributed by atoms with Gasteiger partial charge in [0.2, 0.25) is 0 Å². The SMILES string of the molecule is CC(C)C(C)CCCCCCCCCC(=O)O. The molecule has 2 heteroatoms. The van der Waals surface area contributed by atoms with Crippen molar-refractivity contribution < 1.29 is 9.90 Å². The Morgan fingerprint density at radius 2 is 1.35 bits per heavy atom. The zero-order valence-corrected chi connectivity index (χ0v) is 11.9. The number of hydrogen-bond acceptors (Lipinski definition) is 1. The number of carboxylic acids is 1. The van der Waals surface area contributed by atoms with Gasteiger partial charge in [-0.05, 0) is 18.3 Å². The van der Waals surface area contributed by atoms with E-state index in [9.17, 15) is 4.79 Å². The Balaban J connectivity index is 3.11. The van der Waals surface area contributed by atoms with Gasteiger partial charge in [0, 0.05) is 6.42 Å². The highest BCUT2D eigenvalue weighted by atomic mass is 16.4. The zero-order chi connectivity index (χ0) is 13.1. The number of carboxylic acid groups (broad SMARTS) is 1. The molecule has 17 heavy (non-hydrogen) atoms. The van der Waals surface area contributed by atoms with Crippen molar-refractivity contribution in [1.82, 2.24) is 0 Å². The van der Waals surface area contributed by atoms with Gasteiger partial charge in [-0.3, -0.25) is 4.79 Å². The van der Waals surface area contributed by atoms with E-state index < -0.39 is 5.97 Å². The van der Waals surface area contributed by atoms with Crippen LogP contribution >= 0.6 is 0 Å². The van der Waals surface area contributed by atoms with E-state index in [2.05, 4.69) is 20.8 Å². The molecule has 0 rings (SSSR count). The van der Waals surface area contributed by atoms with Crippen molar-refractivity contribution in [2.75, 3.05) is 0 Å². The predicted octanol–water partition coefficient (Wildman–Crippen LogP) is 4.87. The summed E-state index contributed by atoms with van der Waals surface area (Å²) in [5.41, 5.74) is 0. The summed E-state index contributed by atoms with van der Waals surface area (Å²) in [6, 6.07) is 0. The number of hydrogen-bond donors (Lipinski definition) is 1. The molecule has 1 N–H and O–H groups in total. The second-order valence-electron chi connectivity index (χ2n) is 5.63. The van der Waals surface area contributed by atoms with Crippen molar-refractivity contribution in [3.63, 3.8) is 0 Å². The minimum absolute atomic E-state index is 0.339. The first-order valence-corrected chi connectivity index (χ1v) is 7.25. The fourth-order valence-electron chi connectivity index (χ4n) is 1.96. The van der Waals surface area contributed by atoms with E-state index in [1.54, 1.807) is 0 Å². The highest BCUT2D eigenvalue weighted by Crippen LogP contribution is 2.18. The Kier molecular flexibility index (Phi) is 10.3. The summed E-state index contributed by atoms with van der Waals surface area (Å²) in [5.74, 6) is 1.00. The van der Waals surface area contributed by atoms with Crippen LogP contribution in [0.2, 0.25) is 0 Å². The average Bonchev–Trinajstić information content (AvgIpc) is 2.25. The first-order valence-electron chi connectivity index (χ1n) is 7.25. The van der Waals surface area contributed by atoms with Gasteiger partial charge in [-0.25, -0.2) is 0 Å². The molecule has 0 aromatic heterocycles. The van der Waals surface area contributed by atoms with Crippen LogP contribution in [0, 0.1) is 11.8 Å². The van der Waals surface area contributed by atoms with Crippen LogP contribution in [0.15, 0.2) is 0 Å². The molecule has 0 saturated heterocycles. The van der Waals surface area contributed by atoms with Crippen molar-refractivity contribution in [1.29, 1.82) is 0 Å². The third-order valence-corrected chi connectivity index (χ3v) is 3.69. The predicted molar refractivity (Wildman–Crippen MR) is 73.2 cm³/mol. The summed E-state index contributed by atoms with van der Waals surface area (Å²) < 4.78 is 0. The van der Waals surface area contributed by atoms with Gasteiger partial charge >= 0.3 is 5.97 Å². The van der Waals surface area contributed by atoms with Crippen molar-refractivity contribution in [2.45, 2.75) is 78.6 Å². The minimum atomic E-state index is -0.660. The molecule has 0 bridgehead atoms. The highest BCUT2D eigenvalue weighted by Gasteiger charge is 2.05. The summed E-state index contributed by atoms with van der Waals surface area (Å²) >= 11 is 0. The summed E-state index contributed by atoms with van der Waals surface area (Å²) in [6.45, 7) is 6.94. The van der Waals surface area contributed by atoms with Crippen LogP contribution in [0.1, 0.15) is 78.6 Å². The molecular formula is C15H30O2. The standard InChI is InChI=1S/C15H30O2/c1-13(2)14(3)11-9-7-5-4-6-8-10-12-15(16)17/h13-14H,4-12H2,1-3H3,(H,16,17). The maximum Gasteiger partial charge on any atom is 0.303 e. The van der Waals surface area contributed by atoms with Crippen molar-refractivity contribution in [3.05, 3.63) is 0 Å². The summed E-state index contributed by atoms with van der Waals surface area (Å²) in [7, 11) is 0. The number of unbranched alkanes of at least 4 members (excludes halogenated alkanes) is 6. The van der Waals surface area contributed by atoms with E-state index in [-0.39, 0.29) is 0 Å². The Morgan fingerprint density at radius 3 is 1.82 bits per heavy atom. The van der Waals surface area contributed by atoms with Gasteiger partial charge in [0.05, 0.1) is 0 Å². The molecule has 0 aromatic rings. The monoisotopic (exact) mass is 242 g/mol. The fraction of sp³-hybridized carbons (Fsp3) is 0.933. The second-order valence-corrected chi connectivity index (χ2v) is 5.63. The Bertz CT molecular complexity index is 187. The molecule has 102 valence electrons. The van der Waals surface area contributed by atoms with Gasteiger partial charge in [0.15, 0.2) is 0 Å². The lowest BCUT2D eigenvalue weighted by Gasteiger charge is -2.14. The Labute approximate surface area is 107 Å². The molecule has 0 aliphatic rings. The smallest absolute Gasteiger partial charge is 0.303 e.